The van der Waals surface area contributed by atoms with E-state index in [2.05, 4.69) is 5.32 Å². The molecule has 1 N–H and O–H groups in total. The number of carbonyl (C=O) groups excluding carboxylic acids is 2. The molecule has 0 aliphatic rings. The predicted molar refractivity (Wildman–Crippen MR) is 92.8 cm³/mol. The molecule has 25 heavy (non-hydrogen) atoms. The summed E-state index contributed by atoms with van der Waals surface area (Å²) in [5.41, 5.74) is 1.22. The van der Waals surface area contributed by atoms with Gasteiger partial charge in [-0.1, -0.05) is 24.3 Å². The molecule has 0 saturated heterocycles. The fourth-order valence-electron chi connectivity index (χ4n) is 2.34. The van der Waals surface area contributed by atoms with Crippen LogP contribution in [-0.2, 0) is 11.3 Å². The molecular formula is C19H21FN2O3. The zero-order valence-electron chi connectivity index (χ0n) is 14.3. The van der Waals surface area contributed by atoms with Gasteiger partial charge in [-0.15, -0.1) is 0 Å². The van der Waals surface area contributed by atoms with Gasteiger partial charge < -0.3 is 15.0 Å². The van der Waals surface area contributed by atoms with Gasteiger partial charge >= 0.3 is 0 Å². The van der Waals surface area contributed by atoms with Gasteiger partial charge in [0.15, 0.2) is 11.6 Å². The van der Waals surface area contributed by atoms with Crippen molar-refractivity contribution < 1.29 is 18.7 Å². The molecule has 0 spiro atoms. The number of hydrogen-bond donors (Lipinski definition) is 1. The van der Waals surface area contributed by atoms with Crippen LogP contribution in [0.2, 0.25) is 0 Å². The summed E-state index contributed by atoms with van der Waals surface area (Å²) in [7, 11) is 3.04. The number of halogens is 1. The van der Waals surface area contributed by atoms with E-state index in [1.54, 1.807) is 37.4 Å². The number of amides is 2. The standard InChI is InChI=1S/C19H21FN2O3/c1-22(13-14-8-9-17(25-2)16(20)12-14)18(23)10-11-21-19(24)15-6-4-3-5-7-15/h3-9,12H,10-11,13H2,1-2H3,(H,21,24). The lowest BCUT2D eigenvalue weighted by atomic mass is 10.2. The van der Waals surface area contributed by atoms with Crippen LogP contribution in [0.5, 0.6) is 5.75 Å². The van der Waals surface area contributed by atoms with Crippen LogP contribution < -0.4 is 10.1 Å². The molecule has 6 heteroatoms. The highest BCUT2D eigenvalue weighted by atomic mass is 19.1. The topological polar surface area (TPSA) is 58.6 Å². The van der Waals surface area contributed by atoms with Gasteiger partial charge in [-0.3, -0.25) is 9.59 Å². The van der Waals surface area contributed by atoms with Crippen LogP contribution in [0.1, 0.15) is 22.3 Å². The van der Waals surface area contributed by atoms with Gasteiger partial charge in [0.1, 0.15) is 0 Å². The Morgan fingerprint density at radius 3 is 2.52 bits per heavy atom. The van der Waals surface area contributed by atoms with E-state index in [0.717, 1.165) is 0 Å². The first-order valence-electron chi connectivity index (χ1n) is 7.91. The molecule has 0 bridgehead atoms. The highest BCUT2D eigenvalue weighted by molar-refractivity contribution is 5.94. The third-order valence-electron chi connectivity index (χ3n) is 3.72. The van der Waals surface area contributed by atoms with Gasteiger partial charge in [0.25, 0.3) is 5.91 Å². The Morgan fingerprint density at radius 1 is 1.16 bits per heavy atom. The van der Waals surface area contributed by atoms with Crippen LogP contribution in [0, 0.1) is 5.82 Å². The second-order valence-electron chi connectivity index (χ2n) is 5.59. The average Bonchev–Trinajstić information content (AvgIpc) is 2.62. The molecule has 0 aliphatic carbocycles. The van der Waals surface area contributed by atoms with Crippen LogP contribution in [0.15, 0.2) is 48.5 Å². The van der Waals surface area contributed by atoms with Crippen molar-refractivity contribution >= 4 is 11.8 Å². The Kier molecular flexibility index (Phi) is 6.51. The van der Waals surface area contributed by atoms with Crippen LogP contribution in [-0.4, -0.2) is 37.4 Å². The highest BCUT2D eigenvalue weighted by Crippen LogP contribution is 2.18. The second kappa shape index (κ2) is 8.82. The average molecular weight is 344 g/mol. The van der Waals surface area contributed by atoms with E-state index >= 15 is 0 Å². The molecule has 2 aromatic carbocycles. The fraction of sp³-hybridized carbons (Fsp3) is 0.263. The Bertz CT molecular complexity index is 735. The van der Waals surface area contributed by atoms with Crippen LogP contribution >= 0.6 is 0 Å². The summed E-state index contributed by atoms with van der Waals surface area (Å²) in [6.07, 6.45) is 0.174. The Morgan fingerprint density at radius 2 is 1.88 bits per heavy atom. The molecule has 0 radical (unpaired) electrons. The number of methoxy groups -OCH3 is 1. The van der Waals surface area contributed by atoms with Gasteiger partial charge in [-0.25, -0.2) is 4.39 Å². The Balaban J connectivity index is 1.80. The summed E-state index contributed by atoms with van der Waals surface area (Å²) in [6.45, 7) is 0.528. The summed E-state index contributed by atoms with van der Waals surface area (Å²) >= 11 is 0. The molecule has 5 nitrogen and oxygen atoms in total. The predicted octanol–water partition coefficient (Wildman–Crippen LogP) is 2.61. The molecule has 132 valence electrons. The number of rotatable bonds is 7. The van der Waals surface area contributed by atoms with Crippen molar-refractivity contribution in [1.82, 2.24) is 10.2 Å². The maximum atomic E-state index is 13.7. The van der Waals surface area contributed by atoms with E-state index < -0.39 is 5.82 Å². The minimum Gasteiger partial charge on any atom is -0.494 e. The van der Waals surface area contributed by atoms with Crippen molar-refractivity contribution in [2.24, 2.45) is 0 Å². The Labute approximate surface area is 146 Å². The minimum absolute atomic E-state index is 0.135. The summed E-state index contributed by atoms with van der Waals surface area (Å²) in [5, 5.41) is 2.71. The van der Waals surface area contributed by atoms with E-state index in [9.17, 15) is 14.0 Å². The van der Waals surface area contributed by atoms with Gasteiger partial charge in [-0.2, -0.15) is 0 Å². The summed E-state index contributed by atoms with van der Waals surface area (Å²) < 4.78 is 18.5. The number of hydrogen-bond acceptors (Lipinski definition) is 3. The lowest BCUT2D eigenvalue weighted by Gasteiger charge is -2.18. The van der Waals surface area contributed by atoms with Crippen molar-refractivity contribution in [3.63, 3.8) is 0 Å². The van der Waals surface area contributed by atoms with Gasteiger partial charge in [-0.05, 0) is 29.8 Å². The molecule has 0 fully saturated rings. The van der Waals surface area contributed by atoms with Gasteiger partial charge in [0.2, 0.25) is 5.91 Å². The van der Waals surface area contributed by atoms with Crippen molar-refractivity contribution in [3.05, 3.63) is 65.5 Å². The number of benzene rings is 2. The molecule has 0 atom stereocenters. The highest BCUT2D eigenvalue weighted by Gasteiger charge is 2.12. The largest absolute Gasteiger partial charge is 0.494 e. The third-order valence-corrected chi connectivity index (χ3v) is 3.72. The first kappa shape index (κ1) is 18.4. The molecule has 0 heterocycles. The number of ether oxygens (including phenoxy) is 1. The maximum Gasteiger partial charge on any atom is 0.251 e. The van der Waals surface area contributed by atoms with Crippen molar-refractivity contribution in [3.8, 4) is 5.75 Å². The summed E-state index contributed by atoms with van der Waals surface area (Å²) in [4.78, 5) is 25.5. The lowest BCUT2D eigenvalue weighted by molar-refractivity contribution is -0.130. The normalized spacial score (nSPS) is 10.2. The molecule has 0 unspecified atom stereocenters. The second-order valence-corrected chi connectivity index (χ2v) is 5.59. The van der Waals surface area contributed by atoms with Crippen LogP contribution in [0.4, 0.5) is 4.39 Å². The lowest BCUT2D eigenvalue weighted by Crippen LogP contribution is -2.31. The van der Waals surface area contributed by atoms with Gasteiger partial charge in [0, 0.05) is 32.1 Å². The molecule has 2 aromatic rings. The van der Waals surface area contributed by atoms with Crippen LogP contribution in [0.3, 0.4) is 0 Å². The molecule has 2 amide bonds. The molecule has 0 aromatic heterocycles. The Hall–Kier alpha value is -2.89. The summed E-state index contributed by atoms with van der Waals surface area (Å²) in [6, 6.07) is 13.4. The van der Waals surface area contributed by atoms with E-state index in [1.165, 1.54) is 24.1 Å². The molecular weight excluding hydrogens is 323 g/mol. The van der Waals surface area contributed by atoms with Gasteiger partial charge in [0.05, 0.1) is 7.11 Å². The number of nitrogens with zero attached hydrogens (tertiary/aromatic N) is 1. The molecule has 0 saturated carbocycles. The molecule has 0 aliphatic heterocycles. The zero-order chi connectivity index (χ0) is 18.2. The number of nitrogens with one attached hydrogen (secondary N) is 1. The van der Waals surface area contributed by atoms with E-state index in [0.29, 0.717) is 11.1 Å². The fourth-order valence-corrected chi connectivity index (χ4v) is 2.34. The third kappa shape index (κ3) is 5.31. The van der Waals surface area contributed by atoms with Crippen molar-refractivity contribution in [2.45, 2.75) is 13.0 Å². The van der Waals surface area contributed by atoms with E-state index in [-0.39, 0.29) is 37.1 Å². The SMILES string of the molecule is COc1ccc(CN(C)C(=O)CCNC(=O)c2ccccc2)cc1F. The maximum absolute atomic E-state index is 13.7. The quantitative estimate of drug-likeness (QED) is 0.840. The first-order valence-corrected chi connectivity index (χ1v) is 7.91. The first-order chi connectivity index (χ1) is 12.0. The van der Waals surface area contributed by atoms with E-state index in [4.69, 9.17) is 4.74 Å². The smallest absolute Gasteiger partial charge is 0.251 e. The monoisotopic (exact) mass is 344 g/mol. The number of carbonyl (C=O) groups is 2. The molecule has 2 rings (SSSR count). The zero-order valence-corrected chi connectivity index (χ0v) is 14.3. The minimum atomic E-state index is -0.462. The van der Waals surface area contributed by atoms with Crippen molar-refractivity contribution in [2.75, 3.05) is 20.7 Å². The van der Waals surface area contributed by atoms with Crippen molar-refractivity contribution in [1.29, 1.82) is 0 Å². The summed E-state index contributed by atoms with van der Waals surface area (Å²) in [5.74, 6) is -0.643. The van der Waals surface area contributed by atoms with Crippen LogP contribution in [0.25, 0.3) is 0 Å². The van der Waals surface area contributed by atoms with E-state index in [1.807, 2.05) is 6.07 Å².